The molecule has 0 spiro atoms. The van der Waals surface area contributed by atoms with Gasteiger partial charge in [0.2, 0.25) is 5.91 Å². The van der Waals surface area contributed by atoms with Crippen LogP contribution in [0.1, 0.15) is 18.3 Å². The Labute approximate surface area is 190 Å². The highest BCUT2D eigenvalue weighted by Gasteiger charge is 2.10. The maximum atomic E-state index is 12.5. The van der Waals surface area contributed by atoms with Gasteiger partial charge in [-0.05, 0) is 55.5 Å². The average molecular weight is 446 g/mol. The number of carbonyl (C=O) groups is 1. The second-order valence-electron chi connectivity index (χ2n) is 6.96. The number of rotatable bonds is 9. The van der Waals surface area contributed by atoms with Crippen molar-refractivity contribution in [2.24, 2.45) is 0 Å². The number of ether oxygens (including phenoxy) is 2. The Morgan fingerprint density at radius 3 is 2.62 bits per heavy atom. The van der Waals surface area contributed by atoms with E-state index in [-0.39, 0.29) is 12.3 Å². The van der Waals surface area contributed by atoms with E-state index in [9.17, 15) is 4.79 Å². The second-order valence-corrected chi connectivity index (χ2v) is 7.82. The number of nitrogens with zero attached hydrogens (tertiary/aromatic N) is 2. The molecular weight excluding hydrogens is 422 g/mol. The molecule has 1 N–H and O–H groups in total. The summed E-state index contributed by atoms with van der Waals surface area (Å²) < 4.78 is 11.3. The molecule has 4 aromatic rings. The predicted molar refractivity (Wildman–Crippen MR) is 126 cm³/mol. The number of thiazole rings is 1. The molecule has 0 bridgehead atoms. The molecule has 162 valence electrons. The molecule has 4 rings (SSSR count). The highest BCUT2D eigenvalue weighted by atomic mass is 32.1. The fraction of sp³-hybridized carbons (Fsp3) is 0.160. The van der Waals surface area contributed by atoms with Crippen LogP contribution in [-0.2, 0) is 17.8 Å². The van der Waals surface area contributed by atoms with Crippen LogP contribution < -0.4 is 14.8 Å². The highest BCUT2D eigenvalue weighted by Crippen LogP contribution is 2.26. The van der Waals surface area contributed by atoms with Gasteiger partial charge >= 0.3 is 0 Å². The van der Waals surface area contributed by atoms with E-state index in [1.165, 1.54) is 11.3 Å². The van der Waals surface area contributed by atoms with E-state index in [1.807, 2.05) is 73.0 Å². The van der Waals surface area contributed by atoms with Gasteiger partial charge in [0, 0.05) is 28.9 Å². The van der Waals surface area contributed by atoms with E-state index in [1.54, 1.807) is 12.3 Å². The first-order valence-corrected chi connectivity index (χ1v) is 11.2. The molecule has 2 aromatic heterocycles. The van der Waals surface area contributed by atoms with Gasteiger partial charge in [0.1, 0.15) is 23.1 Å². The van der Waals surface area contributed by atoms with Crippen molar-refractivity contribution in [2.45, 2.75) is 20.0 Å². The molecule has 32 heavy (non-hydrogen) atoms. The standard InChI is InChI=1S/C25H23N3O3S/c1-2-30-22-11-9-18(10-12-22)25-28-21(17-32-25)15-24(29)27-19-7-5-8-23(14-19)31-16-20-6-3-4-13-26-20/h3-14,17H,2,15-16H2,1H3,(H,27,29). The molecule has 0 radical (unpaired) electrons. The third-order valence-corrected chi connectivity index (χ3v) is 5.48. The lowest BCUT2D eigenvalue weighted by atomic mass is 10.2. The predicted octanol–water partition coefficient (Wildman–Crippen LogP) is 5.36. The summed E-state index contributed by atoms with van der Waals surface area (Å²) in [5.41, 5.74) is 3.26. The summed E-state index contributed by atoms with van der Waals surface area (Å²) in [5, 5.41) is 5.70. The minimum absolute atomic E-state index is 0.129. The largest absolute Gasteiger partial charge is 0.494 e. The van der Waals surface area contributed by atoms with Gasteiger partial charge in [0.15, 0.2) is 0 Å². The number of hydrogen-bond acceptors (Lipinski definition) is 6. The van der Waals surface area contributed by atoms with E-state index in [2.05, 4.69) is 15.3 Å². The molecule has 2 heterocycles. The van der Waals surface area contributed by atoms with Crippen LogP contribution in [0.4, 0.5) is 5.69 Å². The van der Waals surface area contributed by atoms with E-state index < -0.39 is 0 Å². The van der Waals surface area contributed by atoms with Crippen LogP contribution in [0.25, 0.3) is 10.6 Å². The molecule has 6 nitrogen and oxygen atoms in total. The first-order valence-electron chi connectivity index (χ1n) is 10.3. The van der Waals surface area contributed by atoms with Crippen molar-refractivity contribution in [1.29, 1.82) is 0 Å². The Bertz CT molecular complexity index is 1160. The minimum Gasteiger partial charge on any atom is -0.494 e. The Kier molecular flexibility index (Phi) is 7.09. The third kappa shape index (κ3) is 5.92. The summed E-state index contributed by atoms with van der Waals surface area (Å²) in [7, 11) is 0. The minimum atomic E-state index is -0.129. The van der Waals surface area contributed by atoms with E-state index in [0.29, 0.717) is 24.7 Å². The normalized spacial score (nSPS) is 10.5. The molecule has 0 fully saturated rings. The van der Waals surface area contributed by atoms with E-state index >= 15 is 0 Å². The van der Waals surface area contributed by atoms with Crippen molar-refractivity contribution in [3.05, 3.63) is 89.7 Å². The number of hydrogen-bond donors (Lipinski definition) is 1. The van der Waals surface area contributed by atoms with Crippen molar-refractivity contribution in [3.8, 4) is 22.1 Å². The summed E-state index contributed by atoms with van der Waals surface area (Å²) >= 11 is 1.52. The van der Waals surface area contributed by atoms with Gasteiger partial charge in [-0.25, -0.2) is 4.98 Å². The van der Waals surface area contributed by atoms with E-state index in [0.717, 1.165) is 27.7 Å². The van der Waals surface area contributed by atoms with Crippen LogP contribution in [0, 0.1) is 0 Å². The topological polar surface area (TPSA) is 73.3 Å². The van der Waals surface area contributed by atoms with Crippen molar-refractivity contribution in [3.63, 3.8) is 0 Å². The number of anilines is 1. The smallest absolute Gasteiger partial charge is 0.230 e. The zero-order valence-corrected chi connectivity index (χ0v) is 18.5. The summed E-state index contributed by atoms with van der Waals surface area (Å²) in [4.78, 5) is 21.4. The van der Waals surface area contributed by atoms with Crippen LogP contribution in [-0.4, -0.2) is 22.5 Å². The second kappa shape index (κ2) is 10.5. The Balaban J connectivity index is 1.33. The fourth-order valence-electron chi connectivity index (χ4n) is 3.06. The van der Waals surface area contributed by atoms with Crippen molar-refractivity contribution < 1.29 is 14.3 Å². The number of pyridine rings is 1. The third-order valence-electron chi connectivity index (χ3n) is 4.54. The summed E-state index contributed by atoms with van der Waals surface area (Å²) in [6.45, 7) is 2.96. The molecule has 0 unspecified atom stereocenters. The van der Waals surface area contributed by atoms with Crippen LogP contribution in [0.3, 0.4) is 0 Å². The van der Waals surface area contributed by atoms with Gasteiger partial charge in [-0.3, -0.25) is 9.78 Å². The molecule has 7 heteroatoms. The molecule has 1 amide bonds. The summed E-state index contributed by atoms with van der Waals surface area (Å²) in [5.74, 6) is 1.37. The average Bonchev–Trinajstić information content (AvgIpc) is 3.27. The lowest BCUT2D eigenvalue weighted by Gasteiger charge is -2.09. The van der Waals surface area contributed by atoms with Gasteiger partial charge in [0.05, 0.1) is 24.4 Å². The number of amides is 1. The lowest BCUT2D eigenvalue weighted by Crippen LogP contribution is -2.14. The molecule has 0 saturated carbocycles. The first kappa shape index (κ1) is 21.5. The number of benzene rings is 2. The van der Waals surface area contributed by atoms with Crippen molar-refractivity contribution in [1.82, 2.24) is 9.97 Å². The fourth-order valence-corrected chi connectivity index (χ4v) is 3.88. The maximum absolute atomic E-state index is 12.5. The summed E-state index contributed by atoms with van der Waals surface area (Å²) in [6.07, 6.45) is 1.93. The van der Waals surface area contributed by atoms with Gasteiger partial charge in [0.25, 0.3) is 0 Å². The van der Waals surface area contributed by atoms with Gasteiger partial charge < -0.3 is 14.8 Å². The summed E-state index contributed by atoms with van der Waals surface area (Å²) in [6, 6.07) is 20.8. The highest BCUT2D eigenvalue weighted by molar-refractivity contribution is 7.13. The molecule has 0 aliphatic carbocycles. The van der Waals surface area contributed by atoms with Gasteiger partial charge in [-0.2, -0.15) is 0 Å². The van der Waals surface area contributed by atoms with E-state index in [4.69, 9.17) is 9.47 Å². The number of carbonyl (C=O) groups excluding carboxylic acids is 1. The Morgan fingerprint density at radius 1 is 0.969 bits per heavy atom. The maximum Gasteiger partial charge on any atom is 0.230 e. The van der Waals surface area contributed by atoms with Crippen LogP contribution in [0.5, 0.6) is 11.5 Å². The van der Waals surface area contributed by atoms with Crippen molar-refractivity contribution >= 4 is 22.9 Å². The quantitative estimate of drug-likeness (QED) is 0.375. The zero-order chi connectivity index (χ0) is 22.2. The first-order chi connectivity index (χ1) is 15.7. The van der Waals surface area contributed by atoms with Crippen molar-refractivity contribution in [2.75, 3.05) is 11.9 Å². The molecule has 0 atom stereocenters. The molecular formula is C25H23N3O3S. The number of nitrogens with one attached hydrogen (secondary N) is 1. The van der Waals surface area contributed by atoms with Gasteiger partial charge in [-0.1, -0.05) is 12.1 Å². The molecule has 0 saturated heterocycles. The van der Waals surface area contributed by atoms with Crippen LogP contribution in [0.2, 0.25) is 0 Å². The Morgan fingerprint density at radius 2 is 1.84 bits per heavy atom. The SMILES string of the molecule is CCOc1ccc(-c2nc(CC(=O)Nc3cccc(OCc4ccccn4)c3)cs2)cc1. The molecule has 0 aliphatic rings. The van der Waals surface area contributed by atoms with Crippen LogP contribution in [0.15, 0.2) is 78.3 Å². The van der Waals surface area contributed by atoms with Crippen LogP contribution >= 0.6 is 11.3 Å². The number of aromatic nitrogens is 2. The Hall–Kier alpha value is -3.71. The lowest BCUT2D eigenvalue weighted by molar-refractivity contribution is -0.115. The molecule has 2 aromatic carbocycles. The molecule has 0 aliphatic heterocycles. The zero-order valence-electron chi connectivity index (χ0n) is 17.7. The van der Waals surface area contributed by atoms with Gasteiger partial charge in [-0.15, -0.1) is 11.3 Å². The monoisotopic (exact) mass is 445 g/mol.